The Labute approximate surface area is 178 Å². The maximum Gasteiger partial charge on any atom is 0.416 e. The Morgan fingerprint density at radius 1 is 1.29 bits per heavy atom. The van der Waals surface area contributed by atoms with Gasteiger partial charge in [0, 0.05) is 30.8 Å². The molecule has 12 heteroatoms. The first-order valence-electron chi connectivity index (χ1n) is 9.18. The van der Waals surface area contributed by atoms with E-state index in [9.17, 15) is 22.8 Å². The number of aromatic nitrogens is 4. The average molecular weight is 453 g/mol. The van der Waals surface area contributed by atoms with Gasteiger partial charge in [0.2, 0.25) is 0 Å². The number of alkyl halides is 3. The van der Waals surface area contributed by atoms with Crippen LogP contribution in [-0.4, -0.2) is 32.4 Å². The van der Waals surface area contributed by atoms with Gasteiger partial charge in [-0.15, -0.1) is 0 Å². The summed E-state index contributed by atoms with van der Waals surface area (Å²) < 4.78 is 41.5. The summed E-state index contributed by atoms with van der Waals surface area (Å²) in [5.41, 5.74) is 5.62. The van der Waals surface area contributed by atoms with Gasteiger partial charge < -0.3 is 10.6 Å². The molecule has 0 saturated heterocycles. The monoisotopic (exact) mass is 452 g/mol. The zero-order valence-electron chi connectivity index (χ0n) is 15.9. The predicted octanol–water partition coefficient (Wildman–Crippen LogP) is 2.35. The number of hydrogen-bond donors (Lipinski definition) is 2. The number of anilines is 1. The van der Waals surface area contributed by atoms with Gasteiger partial charge in [-0.2, -0.15) is 23.4 Å². The van der Waals surface area contributed by atoms with Crippen molar-refractivity contribution in [3.63, 3.8) is 0 Å². The zero-order valence-corrected chi connectivity index (χ0v) is 16.7. The van der Waals surface area contributed by atoms with Crippen molar-refractivity contribution in [3.8, 4) is 0 Å². The maximum absolute atomic E-state index is 13.4. The number of fused-ring (bicyclic) bond motifs is 1. The van der Waals surface area contributed by atoms with Crippen LogP contribution in [0.5, 0.6) is 0 Å². The van der Waals surface area contributed by atoms with E-state index in [0.717, 1.165) is 6.07 Å². The van der Waals surface area contributed by atoms with Crippen LogP contribution in [0.4, 0.5) is 18.9 Å². The number of benzene rings is 1. The molecule has 1 aliphatic heterocycles. The minimum Gasteiger partial charge on any atom is -0.364 e. The first kappa shape index (κ1) is 20.9. The van der Waals surface area contributed by atoms with Crippen molar-refractivity contribution in [2.75, 3.05) is 11.4 Å². The predicted molar refractivity (Wildman–Crippen MR) is 106 cm³/mol. The van der Waals surface area contributed by atoms with Gasteiger partial charge >= 0.3 is 6.18 Å². The third-order valence-electron chi connectivity index (χ3n) is 5.13. The molecule has 2 aromatic heterocycles. The number of rotatable bonds is 4. The van der Waals surface area contributed by atoms with Crippen LogP contribution in [0.3, 0.4) is 0 Å². The highest BCUT2D eigenvalue weighted by Gasteiger charge is 2.34. The van der Waals surface area contributed by atoms with Crippen LogP contribution >= 0.6 is 11.6 Å². The van der Waals surface area contributed by atoms with E-state index in [0.29, 0.717) is 29.9 Å². The van der Waals surface area contributed by atoms with Crippen molar-refractivity contribution < 1.29 is 18.0 Å². The number of nitrogens with zero attached hydrogens (tertiary/aromatic N) is 4. The molecule has 0 aliphatic carbocycles. The highest BCUT2D eigenvalue weighted by atomic mass is 35.5. The summed E-state index contributed by atoms with van der Waals surface area (Å²) in [4.78, 5) is 25.5. The Morgan fingerprint density at radius 3 is 2.74 bits per heavy atom. The molecular formula is C19H16ClF3N6O2. The number of carbonyl (C=O) groups excluding carboxylic acids is 1. The second-order valence-electron chi connectivity index (χ2n) is 7.02. The first-order valence-corrected chi connectivity index (χ1v) is 9.56. The molecule has 4 rings (SSSR count). The average Bonchev–Trinajstić information content (AvgIpc) is 3.08. The van der Waals surface area contributed by atoms with Crippen molar-refractivity contribution in [1.82, 2.24) is 20.0 Å². The molecule has 3 aromatic rings. The zero-order chi connectivity index (χ0) is 22.3. The number of carbonyl (C=O) groups is 1. The van der Waals surface area contributed by atoms with E-state index in [1.54, 1.807) is 4.90 Å². The lowest BCUT2D eigenvalue weighted by molar-refractivity contribution is -0.138. The number of aromatic amines is 1. The van der Waals surface area contributed by atoms with Gasteiger partial charge in [0.1, 0.15) is 5.02 Å². The third-order valence-corrected chi connectivity index (χ3v) is 5.49. The van der Waals surface area contributed by atoms with Crippen molar-refractivity contribution >= 4 is 23.2 Å². The van der Waals surface area contributed by atoms with Crippen LogP contribution in [0.2, 0.25) is 5.02 Å². The summed E-state index contributed by atoms with van der Waals surface area (Å²) in [6, 6.07) is 5.21. The smallest absolute Gasteiger partial charge is 0.364 e. The van der Waals surface area contributed by atoms with Gasteiger partial charge in [0.15, 0.2) is 5.69 Å². The molecule has 1 amide bonds. The van der Waals surface area contributed by atoms with E-state index in [-0.39, 0.29) is 29.4 Å². The van der Waals surface area contributed by atoms with Crippen LogP contribution in [-0.2, 0) is 25.7 Å². The number of primary amides is 1. The number of nitrogens with two attached hydrogens (primary N) is 1. The van der Waals surface area contributed by atoms with Crippen LogP contribution in [0, 0.1) is 0 Å². The van der Waals surface area contributed by atoms with E-state index in [1.807, 2.05) is 0 Å². The molecule has 0 fully saturated rings. The van der Waals surface area contributed by atoms with Gasteiger partial charge in [-0.25, -0.2) is 5.10 Å². The van der Waals surface area contributed by atoms with Gasteiger partial charge in [0.25, 0.3) is 11.5 Å². The number of halogens is 4. The summed E-state index contributed by atoms with van der Waals surface area (Å²) >= 11 is 6.08. The Bertz CT molecular complexity index is 1220. The topological polar surface area (TPSA) is 110 Å². The van der Waals surface area contributed by atoms with Crippen LogP contribution in [0.25, 0.3) is 0 Å². The fourth-order valence-electron chi connectivity index (χ4n) is 3.72. The van der Waals surface area contributed by atoms with E-state index < -0.39 is 23.2 Å². The molecule has 0 spiro atoms. The van der Waals surface area contributed by atoms with E-state index >= 15 is 0 Å². The largest absolute Gasteiger partial charge is 0.416 e. The molecule has 162 valence electrons. The minimum absolute atomic E-state index is 0.0283. The quantitative estimate of drug-likeness (QED) is 0.631. The maximum atomic E-state index is 13.4. The molecule has 3 N–H and O–H groups in total. The molecule has 1 aromatic carbocycles. The van der Waals surface area contributed by atoms with Crippen molar-refractivity contribution in [2.45, 2.75) is 25.7 Å². The Hall–Kier alpha value is -3.34. The lowest BCUT2D eigenvalue weighted by Crippen LogP contribution is -2.33. The summed E-state index contributed by atoms with van der Waals surface area (Å²) in [5.74, 6) is -0.795. The molecule has 3 heterocycles. The van der Waals surface area contributed by atoms with E-state index in [1.165, 1.54) is 29.1 Å². The lowest BCUT2D eigenvalue weighted by Gasteiger charge is -2.29. The van der Waals surface area contributed by atoms with Crippen molar-refractivity contribution in [1.29, 1.82) is 0 Å². The Balaban J connectivity index is 1.73. The van der Waals surface area contributed by atoms with E-state index in [2.05, 4.69) is 15.3 Å². The van der Waals surface area contributed by atoms with Gasteiger partial charge in [0.05, 0.1) is 24.0 Å². The first-order chi connectivity index (χ1) is 14.7. The molecule has 1 aliphatic rings. The van der Waals surface area contributed by atoms with Crippen LogP contribution in [0.15, 0.2) is 35.3 Å². The normalized spacial score (nSPS) is 13.9. The summed E-state index contributed by atoms with van der Waals surface area (Å²) in [6.45, 7) is 0.376. The number of amides is 1. The van der Waals surface area contributed by atoms with Gasteiger partial charge in [-0.05, 0) is 11.6 Å². The van der Waals surface area contributed by atoms with Crippen LogP contribution < -0.4 is 16.2 Å². The fourth-order valence-corrected chi connectivity index (χ4v) is 3.93. The van der Waals surface area contributed by atoms with E-state index in [4.69, 9.17) is 17.3 Å². The summed E-state index contributed by atoms with van der Waals surface area (Å²) in [5, 5.41) is 10.1. The molecular weight excluding hydrogens is 437 g/mol. The van der Waals surface area contributed by atoms with Crippen LogP contribution in [0.1, 0.15) is 32.9 Å². The highest BCUT2D eigenvalue weighted by molar-refractivity contribution is 6.33. The highest BCUT2D eigenvalue weighted by Crippen LogP contribution is 2.33. The second-order valence-corrected chi connectivity index (χ2v) is 7.40. The Kier molecular flexibility index (Phi) is 5.21. The third kappa shape index (κ3) is 3.88. The van der Waals surface area contributed by atoms with Gasteiger partial charge in [-0.3, -0.25) is 14.3 Å². The molecule has 0 atom stereocenters. The molecule has 0 saturated carbocycles. The second kappa shape index (κ2) is 7.73. The molecule has 0 bridgehead atoms. The molecule has 0 unspecified atom stereocenters. The standard InChI is InChI=1S/C19H16ClF3N6O2/c20-15-14(7-25-26-18(15)31)28-6-5-13-11(9-28)16(17(24)30)27-29(13)8-10-3-1-2-4-12(10)19(21,22)23/h1-4,7H,5-6,8-9H2,(H2,24,30)(H,26,31). The molecule has 31 heavy (non-hydrogen) atoms. The van der Waals surface area contributed by atoms with Crippen molar-refractivity contribution in [2.24, 2.45) is 5.73 Å². The lowest BCUT2D eigenvalue weighted by atomic mass is 10.0. The number of nitrogens with one attached hydrogen (secondary N) is 1. The summed E-state index contributed by atoms with van der Waals surface area (Å²) in [6.07, 6.45) is -2.77. The minimum atomic E-state index is -4.52. The molecule has 0 radical (unpaired) electrons. The number of hydrogen-bond acceptors (Lipinski definition) is 5. The number of H-pyrrole nitrogens is 1. The SMILES string of the molecule is NC(=O)c1nn(Cc2ccccc2C(F)(F)F)c2c1CN(c1cn[nH]c(=O)c1Cl)CC2. The Morgan fingerprint density at radius 2 is 2.03 bits per heavy atom. The van der Waals surface area contributed by atoms with Gasteiger partial charge in [-0.1, -0.05) is 29.8 Å². The van der Waals surface area contributed by atoms with Crippen molar-refractivity contribution in [3.05, 3.63) is 73.9 Å². The fraction of sp³-hybridized carbons (Fsp3) is 0.263. The summed E-state index contributed by atoms with van der Waals surface area (Å²) in [7, 11) is 0. The molecule has 8 nitrogen and oxygen atoms in total.